The molecule has 0 aliphatic carbocycles. The van der Waals surface area contributed by atoms with Crippen LogP contribution in [0.2, 0.25) is 0 Å². The molecule has 142 valence electrons. The molecule has 1 aromatic rings. The lowest BCUT2D eigenvalue weighted by molar-refractivity contribution is 0.0668. The van der Waals surface area contributed by atoms with Gasteiger partial charge in [0.15, 0.2) is 5.69 Å². The Morgan fingerprint density at radius 2 is 2.00 bits per heavy atom. The van der Waals surface area contributed by atoms with E-state index in [9.17, 15) is 4.79 Å². The van der Waals surface area contributed by atoms with E-state index >= 15 is 0 Å². The molecule has 0 saturated carbocycles. The topological polar surface area (TPSA) is 75.5 Å². The first kappa shape index (κ1) is 19.8. The number of hydrogen-bond acceptors (Lipinski definition) is 6. The van der Waals surface area contributed by atoms with Gasteiger partial charge >= 0.3 is 0 Å². The lowest BCUT2D eigenvalue weighted by Crippen LogP contribution is -2.40. The minimum absolute atomic E-state index is 0.0654. The molecule has 1 saturated heterocycles. The van der Waals surface area contributed by atoms with Gasteiger partial charge in [0.1, 0.15) is 0 Å². The summed E-state index contributed by atoms with van der Waals surface area (Å²) in [4.78, 5) is 17.0. The number of methoxy groups -OCH3 is 1. The summed E-state index contributed by atoms with van der Waals surface area (Å²) in [7, 11) is 1.65. The van der Waals surface area contributed by atoms with E-state index in [-0.39, 0.29) is 5.91 Å². The fourth-order valence-corrected chi connectivity index (χ4v) is 3.10. The highest BCUT2D eigenvalue weighted by molar-refractivity contribution is 5.91. The third kappa shape index (κ3) is 5.76. The van der Waals surface area contributed by atoms with Crippen LogP contribution < -0.4 is 5.32 Å². The predicted octanol–water partition coefficient (Wildman–Crippen LogP) is 0.633. The molecule has 0 spiro atoms. The number of amides is 1. The van der Waals surface area contributed by atoms with Crippen LogP contribution in [0.4, 0.5) is 0 Å². The molecule has 1 aromatic heterocycles. The number of hydrogen-bond donors (Lipinski definition) is 1. The van der Waals surface area contributed by atoms with Crippen molar-refractivity contribution in [3.05, 3.63) is 11.9 Å². The summed E-state index contributed by atoms with van der Waals surface area (Å²) >= 11 is 0. The van der Waals surface area contributed by atoms with Crippen molar-refractivity contribution in [1.82, 2.24) is 30.1 Å². The van der Waals surface area contributed by atoms with E-state index in [2.05, 4.69) is 34.4 Å². The van der Waals surface area contributed by atoms with Crippen molar-refractivity contribution in [2.75, 3.05) is 59.5 Å². The molecule has 0 bridgehead atoms. The normalized spacial score (nSPS) is 15.7. The molecule has 1 aliphatic heterocycles. The first-order valence-corrected chi connectivity index (χ1v) is 9.32. The van der Waals surface area contributed by atoms with E-state index in [1.807, 2.05) is 9.58 Å². The van der Waals surface area contributed by atoms with Crippen molar-refractivity contribution in [2.24, 2.45) is 0 Å². The number of carbonyl (C=O) groups is 1. The summed E-state index contributed by atoms with van der Waals surface area (Å²) in [5, 5.41) is 11.7. The van der Waals surface area contributed by atoms with Gasteiger partial charge in [-0.05, 0) is 39.0 Å². The number of rotatable bonds is 10. The number of likely N-dealkylation sites (N-methyl/N-ethyl adjacent to an activating group) is 1. The Hall–Kier alpha value is -1.51. The second-order valence-corrected chi connectivity index (χ2v) is 6.38. The highest BCUT2D eigenvalue weighted by atomic mass is 16.5. The number of nitrogens with one attached hydrogen (secondary N) is 1. The summed E-state index contributed by atoms with van der Waals surface area (Å²) in [5.41, 5.74) is 0.425. The van der Waals surface area contributed by atoms with Crippen molar-refractivity contribution >= 4 is 5.91 Å². The van der Waals surface area contributed by atoms with Crippen molar-refractivity contribution in [3.63, 3.8) is 0 Å². The second kappa shape index (κ2) is 10.5. The maximum Gasteiger partial charge on any atom is 0.276 e. The van der Waals surface area contributed by atoms with Gasteiger partial charge in [0.2, 0.25) is 0 Å². The van der Waals surface area contributed by atoms with E-state index < -0.39 is 0 Å². The highest BCUT2D eigenvalue weighted by Gasteiger charge is 2.22. The van der Waals surface area contributed by atoms with Gasteiger partial charge in [0, 0.05) is 26.7 Å². The third-order valence-corrected chi connectivity index (χ3v) is 4.85. The molecule has 8 nitrogen and oxygen atoms in total. The van der Waals surface area contributed by atoms with Crippen LogP contribution >= 0.6 is 0 Å². The Bertz CT molecular complexity index is 511. The van der Waals surface area contributed by atoms with E-state index in [4.69, 9.17) is 4.74 Å². The highest BCUT2D eigenvalue weighted by Crippen LogP contribution is 2.17. The molecule has 1 fully saturated rings. The Morgan fingerprint density at radius 1 is 1.28 bits per heavy atom. The Labute approximate surface area is 150 Å². The number of aromatic nitrogens is 3. The molecule has 8 heteroatoms. The van der Waals surface area contributed by atoms with Gasteiger partial charge in [-0.2, -0.15) is 0 Å². The molecule has 0 radical (unpaired) electrons. The Kier molecular flexibility index (Phi) is 8.30. The quantitative estimate of drug-likeness (QED) is 0.666. The van der Waals surface area contributed by atoms with Gasteiger partial charge < -0.3 is 19.9 Å². The van der Waals surface area contributed by atoms with Crippen molar-refractivity contribution in [3.8, 4) is 0 Å². The fraction of sp³-hybridized carbons (Fsp3) is 0.824. The van der Waals surface area contributed by atoms with E-state index in [0.29, 0.717) is 31.4 Å². The minimum atomic E-state index is -0.0654. The summed E-state index contributed by atoms with van der Waals surface area (Å²) in [6, 6.07) is 0.332. The maximum absolute atomic E-state index is 12.9. The van der Waals surface area contributed by atoms with E-state index in [1.54, 1.807) is 13.3 Å². The van der Waals surface area contributed by atoms with Crippen molar-refractivity contribution in [1.29, 1.82) is 0 Å². The molecule has 1 aliphatic rings. The van der Waals surface area contributed by atoms with Gasteiger partial charge in [0.05, 0.1) is 18.8 Å². The molecule has 25 heavy (non-hydrogen) atoms. The maximum atomic E-state index is 12.9. The zero-order valence-corrected chi connectivity index (χ0v) is 15.8. The molecule has 0 atom stereocenters. The zero-order chi connectivity index (χ0) is 18.1. The predicted molar refractivity (Wildman–Crippen MR) is 96.7 cm³/mol. The average Bonchev–Trinajstić information content (AvgIpc) is 3.15. The standard InChI is InChI=1S/C17H32N6O2/c1-4-21(5-2)10-11-22(12-13-25-3)17(24)16-14-23(20-19-16)15-6-8-18-9-7-15/h14-15,18H,4-13H2,1-3H3. The first-order valence-electron chi connectivity index (χ1n) is 9.32. The molecular formula is C17H32N6O2. The van der Waals surface area contributed by atoms with Gasteiger partial charge in [0.25, 0.3) is 5.91 Å². The fourth-order valence-electron chi connectivity index (χ4n) is 3.10. The van der Waals surface area contributed by atoms with Crippen LogP contribution in [0.1, 0.15) is 43.2 Å². The molecule has 0 aromatic carbocycles. The average molecular weight is 352 g/mol. The third-order valence-electron chi connectivity index (χ3n) is 4.85. The molecule has 1 amide bonds. The van der Waals surface area contributed by atoms with Gasteiger partial charge in [-0.3, -0.25) is 4.79 Å². The van der Waals surface area contributed by atoms with Crippen LogP contribution in [0.5, 0.6) is 0 Å². The Balaban J connectivity index is 2.00. The summed E-state index contributed by atoms with van der Waals surface area (Å²) in [6.45, 7) is 10.8. The second-order valence-electron chi connectivity index (χ2n) is 6.38. The molecule has 1 N–H and O–H groups in total. The molecule has 2 rings (SSSR count). The number of nitrogens with zero attached hydrogens (tertiary/aromatic N) is 5. The minimum Gasteiger partial charge on any atom is -0.383 e. The summed E-state index contributed by atoms with van der Waals surface area (Å²) in [5.74, 6) is -0.0654. The largest absolute Gasteiger partial charge is 0.383 e. The van der Waals surface area contributed by atoms with Crippen LogP contribution in [-0.4, -0.2) is 90.2 Å². The number of ether oxygens (including phenoxy) is 1. The van der Waals surface area contributed by atoms with Crippen LogP contribution in [-0.2, 0) is 4.74 Å². The monoisotopic (exact) mass is 352 g/mol. The molecule has 2 heterocycles. The van der Waals surface area contributed by atoms with E-state index in [0.717, 1.165) is 45.6 Å². The van der Waals surface area contributed by atoms with Crippen LogP contribution in [0, 0.1) is 0 Å². The van der Waals surface area contributed by atoms with Crippen LogP contribution in [0.3, 0.4) is 0 Å². The molecular weight excluding hydrogens is 320 g/mol. The van der Waals surface area contributed by atoms with Crippen LogP contribution in [0.15, 0.2) is 6.20 Å². The van der Waals surface area contributed by atoms with Gasteiger partial charge in [-0.1, -0.05) is 19.1 Å². The summed E-state index contributed by atoms with van der Waals surface area (Å²) in [6.07, 6.45) is 3.84. The number of piperidine rings is 1. The van der Waals surface area contributed by atoms with Gasteiger partial charge in [-0.25, -0.2) is 4.68 Å². The van der Waals surface area contributed by atoms with Gasteiger partial charge in [-0.15, -0.1) is 5.10 Å². The van der Waals surface area contributed by atoms with E-state index in [1.165, 1.54) is 0 Å². The van der Waals surface area contributed by atoms with Crippen LogP contribution in [0.25, 0.3) is 0 Å². The SMILES string of the molecule is CCN(CC)CCN(CCOC)C(=O)c1cn(C2CCNCC2)nn1. The smallest absolute Gasteiger partial charge is 0.276 e. The number of carbonyl (C=O) groups excluding carboxylic acids is 1. The summed E-state index contributed by atoms with van der Waals surface area (Å²) < 4.78 is 7.02. The lowest BCUT2D eigenvalue weighted by Gasteiger charge is -2.25. The lowest BCUT2D eigenvalue weighted by atomic mass is 10.1. The first-order chi connectivity index (χ1) is 12.2. The zero-order valence-electron chi connectivity index (χ0n) is 15.8. The Morgan fingerprint density at radius 3 is 2.64 bits per heavy atom. The molecule has 0 unspecified atom stereocenters. The van der Waals surface area contributed by atoms with Crippen molar-refractivity contribution < 1.29 is 9.53 Å². The van der Waals surface area contributed by atoms with Crippen molar-refractivity contribution in [2.45, 2.75) is 32.7 Å².